The van der Waals surface area contributed by atoms with Crippen LogP contribution in [-0.2, 0) is 0 Å². The number of piperazine rings is 1. The maximum atomic E-state index is 12.5. The molecule has 0 saturated carbocycles. The minimum atomic E-state index is -0.681. The van der Waals surface area contributed by atoms with Crippen LogP contribution < -0.4 is 0 Å². The Morgan fingerprint density at radius 1 is 0.731 bits per heavy atom. The molecule has 1 aliphatic rings. The van der Waals surface area contributed by atoms with Crippen molar-refractivity contribution in [2.75, 3.05) is 26.2 Å². The molecule has 8 heteroatoms. The van der Waals surface area contributed by atoms with Crippen molar-refractivity contribution in [3.8, 4) is 23.0 Å². The fraction of sp³-hybridized carbons (Fsp3) is 0.222. The molecule has 1 aliphatic heterocycles. The van der Waals surface area contributed by atoms with Crippen LogP contribution in [0.1, 0.15) is 20.7 Å². The molecule has 0 aliphatic carbocycles. The number of phenols is 4. The Labute approximate surface area is 149 Å². The molecular weight excluding hydrogens is 340 g/mol. The lowest BCUT2D eigenvalue weighted by Crippen LogP contribution is -2.50. The van der Waals surface area contributed by atoms with Crippen molar-refractivity contribution in [2.45, 2.75) is 0 Å². The van der Waals surface area contributed by atoms with Gasteiger partial charge in [0.05, 0.1) is 5.56 Å². The summed E-state index contributed by atoms with van der Waals surface area (Å²) in [5.74, 6) is -2.67. The third kappa shape index (κ3) is 3.21. The zero-order valence-corrected chi connectivity index (χ0v) is 13.8. The van der Waals surface area contributed by atoms with Gasteiger partial charge >= 0.3 is 0 Å². The summed E-state index contributed by atoms with van der Waals surface area (Å²) in [6.45, 7) is 1.10. The molecule has 0 spiro atoms. The van der Waals surface area contributed by atoms with Gasteiger partial charge in [0.1, 0.15) is 5.75 Å². The smallest absolute Gasteiger partial charge is 0.257 e. The first-order chi connectivity index (χ1) is 12.4. The average Bonchev–Trinajstić information content (AvgIpc) is 2.65. The van der Waals surface area contributed by atoms with E-state index in [2.05, 4.69) is 0 Å². The average molecular weight is 358 g/mol. The van der Waals surface area contributed by atoms with Crippen LogP contribution in [0.3, 0.4) is 0 Å². The number of carbonyl (C=O) groups is 2. The number of carbonyl (C=O) groups excluding carboxylic acids is 2. The van der Waals surface area contributed by atoms with Crippen LogP contribution in [0.15, 0.2) is 36.4 Å². The van der Waals surface area contributed by atoms with E-state index in [-0.39, 0.29) is 49.0 Å². The van der Waals surface area contributed by atoms with Gasteiger partial charge < -0.3 is 30.2 Å². The highest BCUT2D eigenvalue weighted by Crippen LogP contribution is 2.35. The molecule has 3 rings (SSSR count). The number of amides is 2. The predicted octanol–water partition coefficient (Wildman–Crippen LogP) is 1.11. The van der Waals surface area contributed by atoms with E-state index in [4.69, 9.17) is 0 Å². The molecule has 0 radical (unpaired) electrons. The van der Waals surface area contributed by atoms with Crippen molar-refractivity contribution in [2.24, 2.45) is 0 Å². The van der Waals surface area contributed by atoms with Gasteiger partial charge in [0.25, 0.3) is 11.8 Å². The van der Waals surface area contributed by atoms with E-state index in [1.165, 1.54) is 17.0 Å². The lowest BCUT2D eigenvalue weighted by atomic mass is 10.1. The molecular formula is C18H18N2O6. The van der Waals surface area contributed by atoms with Gasteiger partial charge in [-0.05, 0) is 24.3 Å². The number of phenolic OH excluding ortho intramolecular Hbond substituents is 4. The molecule has 2 amide bonds. The van der Waals surface area contributed by atoms with Crippen molar-refractivity contribution in [3.05, 3.63) is 47.5 Å². The van der Waals surface area contributed by atoms with Gasteiger partial charge in [0.15, 0.2) is 17.2 Å². The zero-order valence-electron chi connectivity index (χ0n) is 13.8. The fourth-order valence-electron chi connectivity index (χ4n) is 2.85. The third-order valence-corrected chi connectivity index (χ3v) is 4.31. The Morgan fingerprint density at radius 2 is 1.23 bits per heavy atom. The van der Waals surface area contributed by atoms with Crippen LogP contribution in [0, 0.1) is 0 Å². The SMILES string of the molecule is O=C(c1cc(O)c(O)c(O)c1)N1CCN(C(=O)c2ccccc2O)CC1. The normalized spacial score (nSPS) is 14.3. The number of nitrogens with zero attached hydrogens (tertiary/aromatic N) is 2. The molecule has 0 bridgehead atoms. The van der Waals surface area contributed by atoms with Gasteiger partial charge in [-0.3, -0.25) is 9.59 Å². The van der Waals surface area contributed by atoms with Crippen molar-refractivity contribution in [1.29, 1.82) is 0 Å². The minimum Gasteiger partial charge on any atom is -0.507 e. The summed E-state index contributed by atoms with van der Waals surface area (Å²) in [6.07, 6.45) is 0. The van der Waals surface area contributed by atoms with Crippen molar-refractivity contribution >= 4 is 11.8 Å². The molecule has 8 nitrogen and oxygen atoms in total. The largest absolute Gasteiger partial charge is 0.507 e. The summed E-state index contributed by atoms with van der Waals surface area (Å²) >= 11 is 0. The predicted molar refractivity (Wildman–Crippen MR) is 91.4 cm³/mol. The Balaban J connectivity index is 1.68. The van der Waals surface area contributed by atoms with Gasteiger partial charge in [0.2, 0.25) is 0 Å². The highest BCUT2D eigenvalue weighted by Gasteiger charge is 2.27. The highest BCUT2D eigenvalue weighted by molar-refractivity contribution is 5.98. The van der Waals surface area contributed by atoms with Crippen molar-refractivity contribution in [1.82, 2.24) is 9.80 Å². The Kier molecular flexibility index (Phi) is 4.57. The molecule has 0 atom stereocenters. The van der Waals surface area contributed by atoms with E-state index < -0.39 is 23.2 Å². The second-order valence-corrected chi connectivity index (χ2v) is 5.96. The summed E-state index contributed by atoms with van der Waals surface area (Å²) in [5, 5.41) is 38.2. The number of hydrogen-bond acceptors (Lipinski definition) is 6. The Hall–Kier alpha value is -3.42. The highest BCUT2D eigenvalue weighted by atomic mass is 16.3. The van der Waals surface area contributed by atoms with Crippen LogP contribution in [0.2, 0.25) is 0 Å². The van der Waals surface area contributed by atoms with Crippen LogP contribution >= 0.6 is 0 Å². The third-order valence-electron chi connectivity index (χ3n) is 4.31. The maximum Gasteiger partial charge on any atom is 0.257 e. The summed E-state index contributed by atoms with van der Waals surface area (Å²) in [7, 11) is 0. The van der Waals surface area contributed by atoms with Crippen LogP contribution in [0.5, 0.6) is 23.0 Å². The molecule has 0 aromatic heterocycles. The van der Waals surface area contributed by atoms with Crippen LogP contribution in [0.4, 0.5) is 0 Å². The first-order valence-corrected chi connectivity index (χ1v) is 8.00. The summed E-state index contributed by atoms with van der Waals surface area (Å²) in [5.41, 5.74) is 0.249. The number of benzene rings is 2. The molecule has 2 aromatic rings. The monoisotopic (exact) mass is 358 g/mol. The molecule has 0 unspecified atom stereocenters. The van der Waals surface area contributed by atoms with Crippen molar-refractivity contribution < 1.29 is 30.0 Å². The van der Waals surface area contributed by atoms with Crippen molar-refractivity contribution in [3.63, 3.8) is 0 Å². The van der Waals surface area contributed by atoms with E-state index in [0.717, 1.165) is 12.1 Å². The Bertz CT molecular complexity index is 836. The van der Waals surface area contributed by atoms with Gasteiger partial charge in [-0.25, -0.2) is 0 Å². The summed E-state index contributed by atoms with van der Waals surface area (Å²) in [4.78, 5) is 28.0. The molecule has 136 valence electrons. The van der Waals surface area contributed by atoms with E-state index in [1.54, 1.807) is 17.0 Å². The standard InChI is InChI=1S/C18H18N2O6/c21-13-4-2-1-3-12(13)18(26)20-7-5-19(6-8-20)17(25)11-9-14(22)16(24)15(23)10-11/h1-4,9-10,21-24H,5-8H2. The quantitative estimate of drug-likeness (QED) is 0.597. The van der Waals surface area contributed by atoms with Crippen LogP contribution in [0.25, 0.3) is 0 Å². The Morgan fingerprint density at radius 3 is 1.77 bits per heavy atom. The molecule has 1 saturated heterocycles. The number of para-hydroxylation sites is 1. The van der Waals surface area contributed by atoms with Gasteiger partial charge in [-0.15, -0.1) is 0 Å². The van der Waals surface area contributed by atoms with E-state index in [1.807, 2.05) is 0 Å². The number of rotatable bonds is 2. The molecule has 1 fully saturated rings. The van der Waals surface area contributed by atoms with E-state index in [0.29, 0.717) is 0 Å². The second kappa shape index (κ2) is 6.83. The number of aromatic hydroxyl groups is 4. The lowest BCUT2D eigenvalue weighted by Gasteiger charge is -2.35. The number of hydrogen-bond donors (Lipinski definition) is 4. The van der Waals surface area contributed by atoms with E-state index >= 15 is 0 Å². The zero-order chi connectivity index (χ0) is 18.8. The second-order valence-electron chi connectivity index (χ2n) is 5.96. The fourth-order valence-corrected chi connectivity index (χ4v) is 2.85. The lowest BCUT2D eigenvalue weighted by molar-refractivity contribution is 0.0533. The molecule has 4 N–H and O–H groups in total. The summed E-state index contributed by atoms with van der Waals surface area (Å²) < 4.78 is 0. The van der Waals surface area contributed by atoms with Gasteiger partial charge in [-0.1, -0.05) is 12.1 Å². The minimum absolute atomic E-state index is 0.0401. The van der Waals surface area contributed by atoms with Gasteiger partial charge in [0, 0.05) is 31.7 Å². The van der Waals surface area contributed by atoms with E-state index in [9.17, 15) is 30.0 Å². The molecule has 1 heterocycles. The maximum absolute atomic E-state index is 12.5. The molecule has 26 heavy (non-hydrogen) atoms. The first-order valence-electron chi connectivity index (χ1n) is 8.00. The molecule has 2 aromatic carbocycles. The topological polar surface area (TPSA) is 122 Å². The summed E-state index contributed by atoms with van der Waals surface area (Å²) in [6, 6.07) is 8.43. The van der Waals surface area contributed by atoms with Crippen LogP contribution in [-0.4, -0.2) is 68.2 Å². The van der Waals surface area contributed by atoms with Gasteiger partial charge in [-0.2, -0.15) is 0 Å². The first kappa shape index (κ1) is 17.4.